The van der Waals surface area contributed by atoms with E-state index < -0.39 is 0 Å². The Morgan fingerprint density at radius 1 is 1.25 bits per heavy atom. The predicted molar refractivity (Wildman–Crippen MR) is 81.8 cm³/mol. The van der Waals surface area contributed by atoms with Gasteiger partial charge in [-0.25, -0.2) is 4.98 Å². The molecule has 3 nitrogen and oxygen atoms in total. The summed E-state index contributed by atoms with van der Waals surface area (Å²) in [5.74, 6) is 0. The third-order valence-corrected chi connectivity index (χ3v) is 3.91. The fourth-order valence-electron chi connectivity index (χ4n) is 2.83. The van der Waals surface area contributed by atoms with Crippen LogP contribution in [0, 0.1) is 0 Å². The molecule has 0 spiro atoms. The molecule has 1 aromatic carbocycles. The van der Waals surface area contributed by atoms with E-state index in [1.54, 1.807) is 11.1 Å². The fourth-order valence-corrected chi connectivity index (χ4v) is 2.83. The number of imidazole rings is 1. The highest BCUT2D eigenvalue weighted by atomic mass is 15.0. The molecule has 1 aliphatic carbocycles. The van der Waals surface area contributed by atoms with Crippen molar-refractivity contribution in [3.8, 4) is 0 Å². The predicted octanol–water partition coefficient (Wildman–Crippen LogP) is 2.92. The van der Waals surface area contributed by atoms with Crippen LogP contribution < -0.4 is 5.32 Å². The molecule has 1 aromatic heterocycles. The molecule has 0 fully saturated rings. The zero-order valence-corrected chi connectivity index (χ0v) is 12.4. The second kappa shape index (κ2) is 5.80. The molecule has 20 heavy (non-hydrogen) atoms. The molecule has 1 aliphatic rings. The first-order valence-electron chi connectivity index (χ1n) is 7.55. The number of aromatic nitrogens is 2. The van der Waals surface area contributed by atoms with E-state index in [0.29, 0.717) is 6.04 Å². The smallest absolute Gasteiger partial charge is 0.0953 e. The highest BCUT2D eigenvalue weighted by Crippen LogP contribution is 2.23. The Labute approximate surface area is 121 Å². The maximum Gasteiger partial charge on any atom is 0.0953 e. The van der Waals surface area contributed by atoms with Gasteiger partial charge in [0, 0.05) is 25.3 Å². The SMILES string of the molecule is CC(C)NCc1cn(Cc2ccc3c(c2)CCC3)cn1. The quantitative estimate of drug-likeness (QED) is 0.904. The number of fused-ring (bicyclic) bond motifs is 1. The molecule has 0 aliphatic heterocycles. The minimum Gasteiger partial charge on any atom is -0.333 e. The number of rotatable bonds is 5. The molecule has 0 unspecified atom stereocenters. The Balaban J connectivity index is 1.65. The second-order valence-corrected chi connectivity index (χ2v) is 6.03. The molecule has 0 saturated carbocycles. The van der Waals surface area contributed by atoms with Crippen molar-refractivity contribution in [1.29, 1.82) is 0 Å². The van der Waals surface area contributed by atoms with Gasteiger partial charge in [0.25, 0.3) is 0 Å². The number of aryl methyl sites for hydroxylation is 2. The van der Waals surface area contributed by atoms with Crippen molar-refractivity contribution in [1.82, 2.24) is 14.9 Å². The lowest BCUT2D eigenvalue weighted by molar-refractivity contribution is 0.582. The molecular formula is C17H23N3. The van der Waals surface area contributed by atoms with E-state index in [4.69, 9.17) is 0 Å². The summed E-state index contributed by atoms with van der Waals surface area (Å²) < 4.78 is 2.17. The summed E-state index contributed by atoms with van der Waals surface area (Å²) >= 11 is 0. The Bertz CT molecular complexity index is 584. The number of nitrogens with one attached hydrogen (secondary N) is 1. The van der Waals surface area contributed by atoms with Crippen LogP contribution in [0.1, 0.15) is 42.7 Å². The highest BCUT2D eigenvalue weighted by molar-refractivity contribution is 5.35. The number of hydrogen-bond acceptors (Lipinski definition) is 2. The van der Waals surface area contributed by atoms with E-state index in [0.717, 1.165) is 18.8 Å². The van der Waals surface area contributed by atoms with Crippen LogP contribution in [0.2, 0.25) is 0 Å². The largest absolute Gasteiger partial charge is 0.333 e. The topological polar surface area (TPSA) is 29.9 Å². The molecule has 3 heteroatoms. The first-order valence-corrected chi connectivity index (χ1v) is 7.55. The van der Waals surface area contributed by atoms with E-state index in [9.17, 15) is 0 Å². The lowest BCUT2D eigenvalue weighted by Crippen LogP contribution is -2.21. The van der Waals surface area contributed by atoms with Gasteiger partial charge in [0.05, 0.1) is 12.0 Å². The molecule has 0 bridgehead atoms. The Hall–Kier alpha value is -1.61. The van der Waals surface area contributed by atoms with Gasteiger partial charge in [-0.2, -0.15) is 0 Å². The van der Waals surface area contributed by atoms with Gasteiger partial charge in [-0.15, -0.1) is 0 Å². The summed E-state index contributed by atoms with van der Waals surface area (Å²) in [7, 11) is 0. The number of benzene rings is 1. The molecule has 106 valence electrons. The summed E-state index contributed by atoms with van der Waals surface area (Å²) in [5.41, 5.74) is 5.58. The van der Waals surface area contributed by atoms with Gasteiger partial charge in [0.15, 0.2) is 0 Å². The number of nitrogens with zero attached hydrogens (tertiary/aromatic N) is 2. The van der Waals surface area contributed by atoms with E-state index >= 15 is 0 Å². The summed E-state index contributed by atoms with van der Waals surface area (Å²) in [5, 5.41) is 3.40. The van der Waals surface area contributed by atoms with Crippen molar-refractivity contribution in [3.05, 3.63) is 53.1 Å². The molecular weight excluding hydrogens is 246 g/mol. The third-order valence-electron chi connectivity index (χ3n) is 3.91. The van der Waals surface area contributed by atoms with Gasteiger partial charge in [0.1, 0.15) is 0 Å². The normalized spacial score (nSPS) is 13.9. The third kappa shape index (κ3) is 3.10. The maximum absolute atomic E-state index is 4.46. The molecule has 0 amide bonds. The lowest BCUT2D eigenvalue weighted by Gasteiger charge is -2.06. The monoisotopic (exact) mass is 269 g/mol. The lowest BCUT2D eigenvalue weighted by atomic mass is 10.1. The van der Waals surface area contributed by atoms with Crippen LogP contribution in [0.3, 0.4) is 0 Å². The van der Waals surface area contributed by atoms with Crippen LogP contribution in [-0.2, 0) is 25.9 Å². The van der Waals surface area contributed by atoms with Crippen molar-refractivity contribution >= 4 is 0 Å². The van der Waals surface area contributed by atoms with Crippen LogP contribution in [0.4, 0.5) is 0 Å². The van der Waals surface area contributed by atoms with Gasteiger partial charge in [0.2, 0.25) is 0 Å². The highest BCUT2D eigenvalue weighted by Gasteiger charge is 2.10. The van der Waals surface area contributed by atoms with Crippen molar-refractivity contribution in [3.63, 3.8) is 0 Å². The second-order valence-electron chi connectivity index (χ2n) is 6.03. The van der Waals surface area contributed by atoms with E-state index in [1.807, 2.05) is 6.33 Å². The first-order chi connectivity index (χ1) is 9.70. The van der Waals surface area contributed by atoms with Gasteiger partial charge in [-0.3, -0.25) is 0 Å². The summed E-state index contributed by atoms with van der Waals surface area (Å²) in [6, 6.07) is 7.43. The molecule has 0 radical (unpaired) electrons. The van der Waals surface area contributed by atoms with E-state index in [-0.39, 0.29) is 0 Å². The van der Waals surface area contributed by atoms with Gasteiger partial charge >= 0.3 is 0 Å². The van der Waals surface area contributed by atoms with Gasteiger partial charge in [-0.05, 0) is 36.0 Å². The zero-order valence-electron chi connectivity index (χ0n) is 12.4. The minimum absolute atomic E-state index is 0.497. The van der Waals surface area contributed by atoms with Gasteiger partial charge < -0.3 is 9.88 Å². The van der Waals surface area contributed by atoms with Crippen LogP contribution in [-0.4, -0.2) is 15.6 Å². The van der Waals surface area contributed by atoms with E-state index in [2.05, 4.69) is 53.1 Å². The summed E-state index contributed by atoms with van der Waals surface area (Å²) in [6.45, 7) is 6.07. The van der Waals surface area contributed by atoms with Gasteiger partial charge in [-0.1, -0.05) is 32.0 Å². The molecule has 1 heterocycles. The Morgan fingerprint density at radius 3 is 2.95 bits per heavy atom. The van der Waals surface area contributed by atoms with Crippen LogP contribution in [0.15, 0.2) is 30.7 Å². The summed E-state index contributed by atoms with van der Waals surface area (Å²) in [4.78, 5) is 4.46. The number of hydrogen-bond donors (Lipinski definition) is 1. The van der Waals surface area contributed by atoms with Crippen LogP contribution >= 0.6 is 0 Å². The van der Waals surface area contributed by atoms with Crippen molar-refractivity contribution in [2.45, 2.75) is 52.2 Å². The fraction of sp³-hybridized carbons (Fsp3) is 0.471. The molecule has 0 saturated heterocycles. The van der Waals surface area contributed by atoms with Crippen LogP contribution in [0.5, 0.6) is 0 Å². The zero-order chi connectivity index (χ0) is 13.9. The Morgan fingerprint density at radius 2 is 2.10 bits per heavy atom. The van der Waals surface area contributed by atoms with Crippen molar-refractivity contribution < 1.29 is 0 Å². The van der Waals surface area contributed by atoms with Crippen molar-refractivity contribution in [2.75, 3.05) is 0 Å². The average Bonchev–Trinajstić information content (AvgIpc) is 3.04. The van der Waals surface area contributed by atoms with Crippen LogP contribution in [0.25, 0.3) is 0 Å². The van der Waals surface area contributed by atoms with Crippen molar-refractivity contribution in [2.24, 2.45) is 0 Å². The first kappa shape index (κ1) is 13.4. The summed E-state index contributed by atoms with van der Waals surface area (Å²) in [6.07, 6.45) is 7.89. The Kier molecular flexibility index (Phi) is 3.88. The minimum atomic E-state index is 0.497. The maximum atomic E-state index is 4.46. The molecule has 0 atom stereocenters. The molecule has 2 aromatic rings. The molecule has 3 rings (SSSR count). The van der Waals surface area contributed by atoms with E-state index in [1.165, 1.54) is 24.8 Å². The molecule has 1 N–H and O–H groups in total. The average molecular weight is 269 g/mol. The standard InChI is InChI=1S/C17H23N3/c1-13(2)18-9-17-11-20(12-19-17)10-14-6-7-15-4-3-5-16(15)8-14/h6-8,11-13,18H,3-5,9-10H2,1-2H3.